The molecular formula is C36H39N9O2. The number of urea groups is 1. The molecule has 1 saturated heterocycles. The summed E-state index contributed by atoms with van der Waals surface area (Å²) >= 11 is 0. The Bertz CT molecular complexity index is 1940. The van der Waals surface area contributed by atoms with Crippen LogP contribution in [-0.2, 0) is 5.41 Å². The zero-order valence-electron chi connectivity index (χ0n) is 27.0. The van der Waals surface area contributed by atoms with E-state index in [0.717, 1.165) is 72.2 Å². The molecule has 4 heterocycles. The van der Waals surface area contributed by atoms with Crippen LogP contribution in [0.25, 0.3) is 11.3 Å². The van der Waals surface area contributed by atoms with Gasteiger partial charge >= 0.3 is 6.03 Å². The molecule has 2 aliphatic rings. The maximum Gasteiger partial charge on any atom is 0.320 e. The van der Waals surface area contributed by atoms with Gasteiger partial charge in [0, 0.05) is 24.6 Å². The van der Waals surface area contributed by atoms with Crippen molar-refractivity contribution >= 4 is 23.4 Å². The molecule has 7 rings (SSSR count). The number of pyridine rings is 1. The van der Waals surface area contributed by atoms with E-state index >= 15 is 0 Å². The lowest BCUT2D eigenvalue weighted by Gasteiger charge is -2.32. The van der Waals surface area contributed by atoms with E-state index in [1.165, 1.54) is 6.42 Å². The van der Waals surface area contributed by atoms with Gasteiger partial charge in [-0.05, 0) is 79.6 Å². The molecular weight excluding hydrogens is 590 g/mol. The van der Waals surface area contributed by atoms with E-state index in [-0.39, 0.29) is 23.6 Å². The normalized spacial score (nSPS) is 18.0. The summed E-state index contributed by atoms with van der Waals surface area (Å²) in [6, 6.07) is 22.7. The van der Waals surface area contributed by atoms with Gasteiger partial charge in [-0.25, -0.2) is 9.48 Å². The van der Waals surface area contributed by atoms with Crippen LogP contribution in [0.4, 0.5) is 16.6 Å². The van der Waals surface area contributed by atoms with Crippen molar-refractivity contribution in [2.24, 2.45) is 0 Å². The van der Waals surface area contributed by atoms with Crippen molar-refractivity contribution in [3.05, 3.63) is 95.3 Å². The van der Waals surface area contributed by atoms with Gasteiger partial charge in [0.2, 0.25) is 5.95 Å². The van der Waals surface area contributed by atoms with E-state index in [2.05, 4.69) is 64.7 Å². The zero-order chi connectivity index (χ0) is 32.5. The van der Waals surface area contributed by atoms with Gasteiger partial charge < -0.3 is 15.0 Å². The minimum atomic E-state index is -0.317. The van der Waals surface area contributed by atoms with E-state index in [4.69, 9.17) is 9.84 Å². The molecule has 2 aromatic carbocycles. The molecule has 1 fully saturated rings. The molecule has 2 N–H and O–H groups in total. The Morgan fingerprint density at radius 3 is 2.47 bits per heavy atom. The molecule has 1 aliphatic carbocycles. The fourth-order valence-corrected chi connectivity index (χ4v) is 6.45. The van der Waals surface area contributed by atoms with Crippen LogP contribution in [-0.4, -0.2) is 43.5 Å². The summed E-state index contributed by atoms with van der Waals surface area (Å²) < 4.78 is 10.3. The maximum atomic E-state index is 13.5. The summed E-state index contributed by atoms with van der Waals surface area (Å²) in [4.78, 5) is 15.8. The van der Waals surface area contributed by atoms with Gasteiger partial charge in [-0.2, -0.15) is 10.4 Å². The van der Waals surface area contributed by atoms with Crippen molar-refractivity contribution in [2.75, 3.05) is 23.3 Å². The van der Waals surface area contributed by atoms with Crippen LogP contribution in [0.1, 0.15) is 87.4 Å². The highest BCUT2D eigenvalue weighted by Gasteiger charge is 2.30. The van der Waals surface area contributed by atoms with Crippen LogP contribution >= 0.6 is 0 Å². The van der Waals surface area contributed by atoms with Gasteiger partial charge in [0.25, 0.3) is 0 Å². The van der Waals surface area contributed by atoms with E-state index in [1.54, 1.807) is 16.8 Å². The first kappa shape index (κ1) is 30.3. The molecule has 0 bridgehead atoms. The topological polar surface area (TPSA) is 125 Å². The lowest BCUT2D eigenvalue weighted by molar-refractivity contribution is 0.171. The van der Waals surface area contributed by atoms with Crippen molar-refractivity contribution < 1.29 is 9.53 Å². The van der Waals surface area contributed by atoms with Gasteiger partial charge in [0.15, 0.2) is 5.65 Å². The van der Waals surface area contributed by atoms with Gasteiger partial charge in [-0.3, -0.25) is 9.72 Å². The van der Waals surface area contributed by atoms with Crippen LogP contribution in [0.3, 0.4) is 0 Å². The number of piperidine rings is 1. The Morgan fingerprint density at radius 2 is 1.72 bits per heavy atom. The Hall–Kier alpha value is -5.37. The Balaban J connectivity index is 1.09. The highest BCUT2D eigenvalue weighted by Crippen LogP contribution is 2.39. The summed E-state index contributed by atoms with van der Waals surface area (Å²) in [6.45, 7) is 8.21. The van der Waals surface area contributed by atoms with Crippen molar-refractivity contribution in [2.45, 2.75) is 70.4 Å². The van der Waals surface area contributed by atoms with E-state index in [9.17, 15) is 10.1 Å². The predicted molar refractivity (Wildman–Crippen MR) is 180 cm³/mol. The number of nitrogens with one attached hydrogen (secondary N) is 2. The molecule has 11 nitrogen and oxygen atoms in total. The number of hydrogen-bond donors (Lipinski definition) is 2. The fourth-order valence-electron chi connectivity index (χ4n) is 6.45. The monoisotopic (exact) mass is 629 g/mol. The summed E-state index contributed by atoms with van der Waals surface area (Å²) in [7, 11) is 0. The average molecular weight is 630 g/mol. The number of fused-ring (bicyclic) bond motifs is 2. The second-order valence-electron chi connectivity index (χ2n) is 13.3. The largest absolute Gasteiger partial charge is 0.484 e. The molecule has 5 aromatic rings. The van der Waals surface area contributed by atoms with Crippen molar-refractivity contribution in [3.8, 4) is 17.5 Å². The molecule has 1 aliphatic heterocycles. The zero-order valence-corrected chi connectivity index (χ0v) is 27.0. The highest BCUT2D eigenvalue weighted by molar-refractivity contribution is 5.89. The number of amides is 2. The van der Waals surface area contributed by atoms with Crippen LogP contribution in [0.15, 0.2) is 72.9 Å². The minimum absolute atomic E-state index is 0.160. The fraction of sp³-hybridized carbons (Fsp3) is 0.361. The van der Waals surface area contributed by atoms with E-state index < -0.39 is 0 Å². The van der Waals surface area contributed by atoms with Gasteiger partial charge in [0.1, 0.15) is 17.7 Å². The quantitative estimate of drug-likeness (QED) is 0.210. The van der Waals surface area contributed by atoms with Crippen LogP contribution in [0, 0.1) is 11.3 Å². The predicted octanol–water partition coefficient (Wildman–Crippen LogP) is 6.85. The van der Waals surface area contributed by atoms with Gasteiger partial charge in [0.05, 0.1) is 35.3 Å². The van der Waals surface area contributed by atoms with Crippen LogP contribution < -0.4 is 20.3 Å². The Labute approximate surface area is 274 Å². The number of anilines is 2. The Morgan fingerprint density at radius 1 is 0.957 bits per heavy atom. The third-order valence-electron chi connectivity index (χ3n) is 8.98. The number of benzene rings is 2. The standard InChI is InChI=1S/C36H39N9O2/c1-36(2,3)31-21-33(45(42-31)25-13-11-24(22-37)12-14-25)39-34(46)38-29-16-17-30(28-10-6-5-9-27(28)29)47-26-15-18-32-40-41-35(44(32)23-26)43-19-7-4-8-20-43/h5-6,9-15,18,21,23,29-30H,4,7-8,16-17,19-20H2,1-3H3,(H2,38,39,46)/t29-,30+/m0/s1. The first-order chi connectivity index (χ1) is 22.8. The number of nitrogens with zero attached hydrogens (tertiary/aromatic N) is 7. The summed E-state index contributed by atoms with van der Waals surface area (Å²) in [6.07, 6.45) is 6.85. The van der Waals surface area contributed by atoms with E-state index in [0.29, 0.717) is 17.8 Å². The molecule has 2 atom stereocenters. The molecule has 0 spiro atoms. The highest BCUT2D eigenvalue weighted by atomic mass is 16.5. The minimum Gasteiger partial charge on any atom is -0.484 e. The number of carbonyl (C=O) groups excluding carboxylic acids is 1. The number of nitriles is 1. The van der Waals surface area contributed by atoms with Gasteiger partial charge in [-0.1, -0.05) is 45.0 Å². The molecule has 11 heteroatoms. The molecule has 3 aromatic heterocycles. The molecule has 2 amide bonds. The number of hydrogen-bond acceptors (Lipinski definition) is 7. The molecule has 0 saturated carbocycles. The smallest absolute Gasteiger partial charge is 0.320 e. The number of carbonyl (C=O) groups is 1. The SMILES string of the molecule is CC(C)(C)c1cc(NC(=O)N[C@H]2CC[C@@H](Oc3ccc4nnc(N5CCCCC5)n4c3)c3ccccc32)n(-c2ccc(C#N)cc2)n1. The first-order valence-electron chi connectivity index (χ1n) is 16.3. The summed E-state index contributed by atoms with van der Waals surface area (Å²) in [5, 5.41) is 29.1. The number of rotatable bonds is 6. The molecule has 240 valence electrons. The van der Waals surface area contributed by atoms with Crippen molar-refractivity contribution in [3.63, 3.8) is 0 Å². The lowest BCUT2D eigenvalue weighted by atomic mass is 9.85. The van der Waals surface area contributed by atoms with Crippen LogP contribution in [0.5, 0.6) is 5.75 Å². The number of aromatic nitrogens is 5. The maximum absolute atomic E-state index is 13.5. The molecule has 47 heavy (non-hydrogen) atoms. The average Bonchev–Trinajstić information content (AvgIpc) is 3.71. The number of ether oxygens (including phenoxy) is 1. The van der Waals surface area contributed by atoms with Gasteiger partial charge in [-0.15, -0.1) is 10.2 Å². The Kier molecular flexibility index (Phi) is 8.02. The van der Waals surface area contributed by atoms with Crippen molar-refractivity contribution in [1.82, 2.24) is 29.7 Å². The second kappa shape index (κ2) is 12.4. The van der Waals surface area contributed by atoms with E-state index in [1.807, 2.05) is 53.1 Å². The molecule has 0 radical (unpaired) electrons. The van der Waals surface area contributed by atoms with Crippen LogP contribution in [0.2, 0.25) is 0 Å². The third kappa shape index (κ3) is 6.23. The van der Waals surface area contributed by atoms with Crippen molar-refractivity contribution in [1.29, 1.82) is 5.26 Å². The first-order valence-corrected chi connectivity index (χ1v) is 16.3. The second-order valence-corrected chi connectivity index (χ2v) is 13.3. The lowest BCUT2D eigenvalue weighted by Crippen LogP contribution is -2.36. The summed E-state index contributed by atoms with van der Waals surface area (Å²) in [5.41, 5.74) is 4.82. The summed E-state index contributed by atoms with van der Waals surface area (Å²) in [5.74, 6) is 2.17. The molecule has 0 unspecified atom stereocenters. The third-order valence-corrected chi connectivity index (χ3v) is 8.98.